The van der Waals surface area contributed by atoms with Crippen LogP contribution in [0.15, 0.2) is 29.2 Å². The van der Waals surface area contributed by atoms with Gasteiger partial charge < -0.3 is 24.3 Å². The highest BCUT2D eigenvalue weighted by atomic mass is 35.5. The SMILES string of the molecule is Cc1ccc(S(=O)(=O)OC[C@@]23CO[C@@H](O2)[C@H](Nc2nc(Cl)ns2)[C@H]2OC(C)(C)O[C@H]23)cc1. The molecule has 5 rings (SSSR count). The molecule has 0 radical (unpaired) electrons. The van der Waals surface area contributed by atoms with E-state index in [4.69, 9.17) is 34.7 Å². The number of fused-ring (bicyclic) bond motifs is 4. The van der Waals surface area contributed by atoms with Gasteiger partial charge in [-0.1, -0.05) is 17.7 Å². The van der Waals surface area contributed by atoms with Crippen molar-refractivity contribution < 1.29 is 31.5 Å². The summed E-state index contributed by atoms with van der Waals surface area (Å²) in [5, 5.41) is 3.82. The van der Waals surface area contributed by atoms with Gasteiger partial charge in [0.1, 0.15) is 30.5 Å². The first-order chi connectivity index (χ1) is 15.1. The summed E-state index contributed by atoms with van der Waals surface area (Å²) >= 11 is 6.93. The van der Waals surface area contributed by atoms with Gasteiger partial charge >= 0.3 is 0 Å². The monoisotopic (exact) mass is 503 g/mol. The number of aryl methyl sites for hydroxylation is 1. The molecule has 3 aliphatic heterocycles. The molecule has 174 valence electrons. The molecular formula is C19H22ClN3O7S2. The van der Waals surface area contributed by atoms with Crippen LogP contribution < -0.4 is 5.32 Å². The summed E-state index contributed by atoms with van der Waals surface area (Å²) in [4.78, 5) is 4.18. The van der Waals surface area contributed by atoms with Crippen molar-refractivity contribution in [3.63, 3.8) is 0 Å². The predicted octanol–water partition coefficient (Wildman–Crippen LogP) is 2.33. The van der Waals surface area contributed by atoms with Crippen LogP contribution in [0.2, 0.25) is 5.28 Å². The highest BCUT2D eigenvalue weighted by Gasteiger charge is 2.66. The van der Waals surface area contributed by atoms with Gasteiger partial charge in [-0.15, -0.1) is 0 Å². The molecule has 1 N–H and O–H groups in total. The van der Waals surface area contributed by atoms with E-state index in [0.29, 0.717) is 5.13 Å². The standard InChI is InChI=1S/C19H22ClN3O7S2/c1-10-4-6-11(7-5-10)32(24,25)27-9-19-8-26-15(30-19)12(21-17-22-16(20)23-31-17)13-14(19)29-18(2,3)28-13/h4-7,12-15H,8-9H2,1-3H3,(H,21,22,23)/t12-,13-,14-,15+,19-/m1/s1. The number of rotatable bonds is 6. The second kappa shape index (κ2) is 7.84. The molecule has 0 amide bonds. The van der Waals surface area contributed by atoms with Crippen molar-refractivity contribution in [1.82, 2.24) is 9.36 Å². The van der Waals surface area contributed by atoms with E-state index >= 15 is 0 Å². The fourth-order valence-corrected chi connectivity index (χ4v) is 5.84. The predicted molar refractivity (Wildman–Crippen MR) is 114 cm³/mol. The van der Waals surface area contributed by atoms with E-state index in [1.165, 1.54) is 12.1 Å². The number of aromatic nitrogens is 2. The zero-order valence-corrected chi connectivity index (χ0v) is 19.9. The third-order valence-electron chi connectivity index (χ3n) is 5.60. The zero-order chi connectivity index (χ0) is 22.7. The van der Waals surface area contributed by atoms with Gasteiger partial charge in [0, 0.05) is 11.5 Å². The van der Waals surface area contributed by atoms with Crippen LogP contribution in [0.5, 0.6) is 0 Å². The van der Waals surface area contributed by atoms with Gasteiger partial charge in [0.25, 0.3) is 10.1 Å². The van der Waals surface area contributed by atoms with Crippen LogP contribution in [-0.2, 0) is 33.2 Å². The normalized spacial score (nSPS) is 33.2. The molecule has 0 saturated carbocycles. The topological polar surface area (TPSA) is 118 Å². The molecule has 0 unspecified atom stereocenters. The van der Waals surface area contributed by atoms with Crippen molar-refractivity contribution in [1.29, 1.82) is 0 Å². The summed E-state index contributed by atoms with van der Waals surface area (Å²) in [6, 6.07) is 5.96. The molecule has 0 aliphatic carbocycles. The quantitative estimate of drug-likeness (QED) is 0.588. The molecule has 4 heterocycles. The second-order valence-corrected chi connectivity index (χ2v) is 11.2. The van der Waals surface area contributed by atoms with Gasteiger partial charge in [0.15, 0.2) is 12.1 Å². The average Bonchev–Trinajstić information content (AvgIpc) is 3.41. The van der Waals surface area contributed by atoms with Gasteiger partial charge in [-0.2, -0.15) is 17.8 Å². The molecule has 3 aliphatic rings. The highest BCUT2D eigenvalue weighted by molar-refractivity contribution is 7.86. The minimum absolute atomic E-state index is 0.0685. The van der Waals surface area contributed by atoms with E-state index < -0.39 is 46.0 Å². The number of nitrogens with one attached hydrogen (secondary N) is 1. The molecule has 32 heavy (non-hydrogen) atoms. The lowest BCUT2D eigenvalue weighted by Crippen LogP contribution is -2.63. The molecule has 13 heteroatoms. The van der Waals surface area contributed by atoms with Crippen molar-refractivity contribution in [3.05, 3.63) is 35.1 Å². The molecule has 3 saturated heterocycles. The van der Waals surface area contributed by atoms with Crippen molar-refractivity contribution in [2.45, 2.75) is 61.6 Å². The third-order valence-corrected chi connectivity index (χ3v) is 7.79. The van der Waals surface area contributed by atoms with Crippen molar-refractivity contribution >= 4 is 38.4 Å². The molecule has 1 aromatic carbocycles. The molecule has 5 atom stereocenters. The number of anilines is 1. The summed E-state index contributed by atoms with van der Waals surface area (Å²) in [6.07, 6.45) is -1.90. The van der Waals surface area contributed by atoms with Crippen molar-refractivity contribution in [2.24, 2.45) is 0 Å². The highest BCUT2D eigenvalue weighted by Crippen LogP contribution is 2.47. The number of nitrogens with zero attached hydrogens (tertiary/aromatic N) is 2. The molecule has 2 bridgehead atoms. The molecule has 10 nitrogen and oxygen atoms in total. The number of hydrogen-bond donors (Lipinski definition) is 1. The van der Waals surface area contributed by atoms with Gasteiger partial charge in [-0.3, -0.25) is 4.18 Å². The van der Waals surface area contributed by atoms with Gasteiger partial charge in [0.2, 0.25) is 10.4 Å². The van der Waals surface area contributed by atoms with Crippen LogP contribution in [-0.4, -0.2) is 66.9 Å². The molecule has 0 spiro atoms. The summed E-state index contributed by atoms with van der Waals surface area (Å²) in [5.74, 6) is -0.912. The maximum atomic E-state index is 12.8. The van der Waals surface area contributed by atoms with E-state index in [1.807, 2.05) is 6.92 Å². The number of hydrogen-bond acceptors (Lipinski definition) is 11. The molecule has 1 aromatic heterocycles. The lowest BCUT2D eigenvalue weighted by molar-refractivity contribution is -0.198. The van der Waals surface area contributed by atoms with Gasteiger partial charge in [0.05, 0.1) is 11.5 Å². The Bertz CT molecular complexity index is 1110. The van der Waals surface area contributed by atoms with Gasteiger partial charge in [-0.05, 0) is 44.5 Å². The first-order valence-corrected chi connectivity index (χ1v) is 12.5. The number of ether oxygens (including phenoxy) is 4. The van der Waals surface area contributed by atoms with Crippen molar-refractivity contribution in [2.75, 3.05) is 18.5 Å². The second-order valence-electron chi connectivity index (χ2n) is 8.45. The molecular weight excluding hydrogens is 482 g/mol. The smallest absolute Gasteiger partial charge is 0.297 e. The summed E-state index contributed by atoms with van der Waals surface area (Å²) < 4.78 is 59.2. The molecule has 2 aromatic rings. The minimum atomic E-state index is -4.00. The molecule has 3 fully saturated rings. The largest absolute Gasteiger partial charge is 0.350 e. The Labute approximate surface area is 194 Å². The van der Waals surface area contributed by atoms with E-state index in [2.05, 4.69) is 14.7 Å². The van der Waals surface area contributed by atoms with E-state index in [-0.39, 0.29) is 23.4 Å². The fourth-order valence-electron chi connectivity index (χ4n) is 4.13. The minimum Gasteiger partial charge on any atom is -0.350 e. The first-order valence-electron chi connectivity index (χ1n) is 9.94. The average molecular weight is 504 g/mol. The van der Waals surface area contributed by atoms with E-state index in [0.717, 1.165) is 17.1 Å². The Morgan fingerprint density at radius 3 is 2.69 bits per heavy atom. The van der Waals surface area contributed by atoms with Crippen molar-refractivity contribution in [3.8, 4) is 0 Å². The Hall–Kier alpha value is -1.38. The first kappa shape index (κ1) is 22.4. The Morgan fingerprint density at radius 2 is 2.00 bits per heavy atom. The maximum Gasteiger partial charge on any atom is 0.297 e. The van der Waals surface area contributed by atoms with E-state index in [9.17, 15) is 8.42 Å². The lowest BCUT2D eigenvalue weighted by atomic mass is 9.88. The van der Waals surface area contributed by atoms with Crippen LogP contribution in [0.1, 0.15) is 19.4 Å². The lowest BCUT2D eigenvalue weighted by Gasteiger charge is -2.41. The van der Waals surface area contributed by atoms with Crippen LogP contribution in [0, 0.1) is 6.92 Å². The van der Waals surface area contributed by atoms with Gasteiger partial charge in [-0.25, -0.2) is 0 Å². The van der Waals surface area contributed by atoms with Crippen LogP contribution in [0.4, 0.5) is 5.13 Å². The number of benzene rings is 1. The summed E-state index contributed by atoms with van der Waals surface area (Å²) in [5.41, 5.74) is -0.209. The zero-order valence-electron chi connectivity index (χ0n) is 17.5. The van der Waals surface area contributed by atoms with Crippen LogP contribution >= 0.6 is 23.1 Å². The summed E-state index contributed by atoms with van der Waals surface area (Å²) in [6.45, 7) is 5.25. The van der Waals surface area contributed by atoms with Crippen LogP contribution in [0.25, 0.3) is 0 Å². The number of halogens is 1. The Balaban J connectivity index is 1.38. The van der Waals surface area contributed by atoms with E-state index in [1.54, 1.807) is 26.0 Å². The third kappa shape index (κ3) is 4.03. The Kier molecular flexibility index (Phi) is 5.49. The maximum absolute atomic E-state index is 12.8. The van der Waals surface area contributed by atoms with Crippen LogP contribution in [0.3, 0.4) is 0 Å². The summed E-state index contributed by atoms with van der Waals surface area (Å²) in [7, 11) is -4.00. The Morgan fingerprint density at radius 1 is 1.25 bits per heavy atom. The fraction of sp³-hybridized carbons (Fsp3) is 0.579.